The van der Waals surface area contributed by atoms with Crippen molar-refractivity contribution in [2.24, 2.45) is 0 Å². The third-order valence-corrected chi connectivity index (χ3v) is 3.74. The molecule has 1 aliphatic heterocycles. The van der Waals surface area contributed by atoms with Crippen LogP contribution < -0.4 is 10.6 Å². The van der Waals surface area contributed by atoms with E-state index in [4.69, 9.17) is 0 Å². The average molecular weight is 301 g/mol. The van der Waals surface area contributed by atoms with Crippen molar-refractivity contribution in [3.63, 3.8) is 0 Å². The molecule has 1 aliphatic rings. The number of aromatic nitrogens is 3. The first-order valence-corrected chi connectivity index (χ1v) is 7.72. The normalized spacial score (nSPS) is 13.6. The zero-order valence-electron chi connectivity index (χ0n) is 11.8. The van der Waals surface area contributed by atoms with E-state index >= 15 is 0 Å². The summed E-state index contributed by atoms with van der Waals surface area (Å²) in [6.45, 7) is 2.29. The number of nitrogens with zero attached hydrogens (tertiary/aromatic N) is 3. The number of amides is 1. The Morgan fingerprint density at radius 3 is 2.86 bits per heavy atom. The van der Waals surface area contributed by atoms with Crippen molar-refractivity contribution < 1.29 is 4.79 Å². The van der Waals surface area contributed by atoms with Crippen molar-refractivity contribution in [2.75, 3.05) is 16.9 Å². The molecule has 0 unspecified atom stereocenters. The smallest absolute Gasteiger partial charge is 0.255 e. The molecule has 0 radical (unpaired) electrons. The van der Waals surface area contributed by atoms with Crippen molar-refractivity contribution in [3.8, 4) is 0 Å². The fourth-order valence-corrected chi connectivity index (χ4v) is 2.45. The van der Waals surface area contributed by atoms with Crippen LogP contribution in [0.4, 0.5) is 11.6 Å². The third-order valence-electron chi connectivity index (χ3n) is 3.20. The molecule has 2 heterocycles. The minimum atomic E-state index is -0.127. The summed E-state index contributed by atoms with van der Waals surface area (Å²) in [5.74, 6) is 0.547. The Kier molecular flexibility index (Phi) is 3.66. The first kappa shape index (κ1) is 13.7. The van der Waals surface area contributed by atoms with Gasteiger partial charge in [0, 0.05) is 11.4 Å². The monoisotopic (exact) mass is 301 g/mol. The summed E-state index contributed by atoms with van der Waals surface area (Å²) >= 11 is 1.47. The predicted molar refractivity (Wildman–Crippen MR) is 83.2 cm³/mol. The van der Waals surface area contributed by atoms with Crippen molar-refractivity contribution in [1.82, 2.24) is 14.8 Å². The number of fused-ring (bicyclic) bond motifs is 1. The van der Waals surface area contributed by atoms with Crippen molar-refractivity contribution in [2.45, 2.75) is 18.6 Å². The zero-order valence-corrected chi connectivity index (χ0v) is 12.6. The fourth-order valence-electron chi connectivity index (χ4n) is 2.09. The van der Waals surface area contributed by atoms with Crippen LogP contribution in [0.1, 0.15) is 6.92 Å². The van der Waals surface area contributed by atoms with Gasteiger partial charge in [0.15, 0.2) is 0 Å². The summed E-state index contributed by atoms with van der Waals surface area (Å²) in [5.41, 5.74) is 2.23. The van der Waals surface area contributed by atoms with E-state index in [9.17, 15) is 4.79 Å². The summed E-state index contributed by atoms with van der Waals surface area (Å²) in [7, 11) is 0. The Balaban J connectivity index is 1.80. The molecule has 108 valence electrons. The van der Waals surface area contributed by atoms with Crippen LogP contribution in [-0.4, -0.2) is 26.9 Å². The summed E-state index contributed by atoms with van der Waals surface area (Å²) in [5, 5.41) is 11.0. The lowest BCUT2D eigenvalue weighted by Crippen LogP contribution is -2.26. The molecule has 21 heavy (non-hydrogen) atoms. The minimum absolute atomic E-state index is 0.127. The van der Waals surface area contributed by atoms with Gasteiger partial charge in [-0.15, -0.1) is 5.10 Å². The highest BCUT2D eigenvalue weighted by Crippen LogP contribution is 2.23. The SMILES string of the molecule is CSc1nc2n(n1)CC(C(=O)Nc1ccccc1)=C(C)N2. The lowest BCUT2D eigenvalue weighted by molar-refractivity contribution is -0.113. The van der Waals surface area contributed by atoms with Gasteiger partial charge in [-0.05, 0) is 25.3 Å². The molecule has 0 aliphatic carbocycles. The summed E-state index contributed by atoms with van der Waals surface area (Å²) in [6, 6.07) is 9.40. The van der Waals surface area contributed by atoms with Crippen LogP contribution in [0, 0.1) is 0 Å². The first-order chi connectivity index (χ1) is 10.2. The summed E-state index contributed by atoms with van der Waals surface area (Å²) < 4.78 is 1.71. The van der Waals surface area contributed by atoms with E-state index in [-0.39, 0.29) is 5.91 Å². The number of nitrogens with one attached hydrogen (secondary N) is 2. The van der Waals surface area contributed by atoms with Crippen LogP contribution in [-0.2, 0) is 11.3 Å². The number of rotatable bonds is 3. The lowest BCUT2D eigenvalue weighted by Gasteiger charge is -2.19. The highest BCUT2D eigenvalue weighted by Gasteiger charge is 2.23. The van der Waals surface area contributed by atoms with E-state index in [0.717, 1.165) is 11.4 Å². The Bertz CT molecular complexity index is 707. The Morgan fingerprint density at radius 2 is 2.14 bits per heavy atom. The quantitative estimate of drug-likeness (QED) is 0.851. The van der Waals surface area contributed by atoms with E-state index in [1.807, 2.05) is 43.5 Å². The molecule has 0 saturated carbocycles. The van der Waals surface area contributed by atoms with Crippen molar-refractivity contribution >= 4 is 29.3 Å². The Morgan fingerprint density at radius 1 is 1.38 bits per heavy atom. The van der Waals surface area contributed by atoms with Crippen LogP contribution in [0.5, 0.6) is 0 Å². The number of benzene rings is 1. The van der Waals surface area contributed by atoms with E-state index in [1.54, 1.807) is 4.68 Å². The van der Waals surface area contributed by atoms with Gasteiger partial charge in [-0.25, -0.2) is 4.68 Å². The van der Waals surface area contributed by atoms with Crippen LogP contribution in [0.15, 0.2) is 46.8 Å². The molecular formula is C14H15N5OS. The largest absolute Gasteiger partial charge is 0.328 e. The van der Waals surface area contributed by atoms with Gasteiger partial charge in [0.1, 0.15) is 0 Å². The molecule has 7 heteroatoms. The van der Waals surface area contributed by atoms with Gasteiger partial charge >= 0.3 is 0 Å². The van der Waals surface area contributed by atoms with Crippen molar-refractivity contribution in [1.29, 1.82) is 0 Å². The third kappa shape index (κ3) is 2.78. The van der Waals surface area contributed by atoms with Crippen LogP contribution in [0.2, 0.25) is 0 Å². The van der Waals surface area contributed by atoms with E-state index in [0.29, 0.717) is 23.2 Å². The Labute approximate surface area is 126 Å². The second-order valence-corrected chi connectivity index (χ2v) is 5.40. The molecule has 0 saturated heterocycles. The number of allylic oxidation sites excluding steroid dienone is 1. The molecule has 1 aromatic carbocycles. The maximum atomic E-state index is 12.4. The second kappa shape index (κ2) is 5.61. The lowest BCUT2D eigenvalue weighted by atomic mass is 10.1. The van der Waals surface area contributed by atoms with Gasteiger partial charge in [0.05, 0.1) is 12.1 Å². The second-order valence-electron chi connectivity index (χ2n) is 4.63. The number of hydrogen-bond acceptors (Lipinski definition) is 5. The summed E-state index contributed by atoms with van der Waals surface area (Å²) in [6.07, 6.45) is 1.92. The van der Waals surface area contributed by atoms with E-state index < -0.39 is 0 Å². The van der Waals surface area contributed by atoms with Crippen LogP contribution in [0.3, 0.4) is 0 Å². The molecule has 1 amide bonds. The number of thioether (sulfide) groups is 1. The molecular weight excluding hydrogens is 286 g/mol. The van der Waals surface area contributed by atoms with E-state index in [2.05, 4.69) is 20.7 Å². The predicted octanol–water partition coefficient (Wildman–Crippen LogP) is 2.34. The van der Waals surface area contributed by atoms with Gasteiger partial charge in [-0.1, -0.05) is 30.0 Å². The maximum Gasteiger partial charge on any atom is 0.255 e. The van der Waals surface area contributed by atoms with Gasteiger partial charge in [0.25, 0.3) is 5.91 Å². The van der Waals surface area contributed by atoms with Gasteiger partial charge in [0.2, 0.25) is 11.1 Å². The number of carbonyl (C=O) groups excluding carboxylic acids is 1. The molecule has 2 N–H and O–H groups in total. The zero-order chi connectivity index (χ0) is 14.8. The molecule has 1 aromatic heterocycles. The van der Waals surface area contributed by atoms with Crippen molar-refractivity contribution in [3.05, 3.63) is 41.6 Å². The van der Waals surface area contributed by atoms with Crippen LogP contribution >= 0.6 is 11.8 Å². The van der Waals surface area contributed by atoms with Crippen LogP contribution in [0.25, 0.3) is 0 Å². The Hall–Kier alpha value is -2.28. The molecule has 0 spiro atoms. The maximum absolute atomic E-state index is 12.4. The van der Waals surface area contributed by atoms with Gasteiger partial charge in [-0.2, -0.15) is 4.98 Å². The molecule has 3 rings (SSSR count). The summed E-state index contributed by atoms with van der Waals surface area (Å²) in [4.78, 5) is 16.7. The molecule has 6 nitrogen and oxygen atoms in total. The molecule has 0 fully saturated rings. The highest BCUT2D eigenvalue weighted by atomic mass is 32.2. The standard InChI is InChI=1S/C14H15N5OS/c1-9-11(12(20)16-10-6-4-3-5-7-10)8-19-13(15-9)17-14(18-19)21-2/h3-7H,8H2,1-2H3,(H,16,20)(H,15,17,18). The molecule has 0 bridgehead atoms. The molecule has 2 aromatic rings. The highest BCUT2D eigenvalue weighted by molar-refractivity contribution is 7.98. The number of anilines is 2. The number of carbonyl (C=O) groups is 1. The first-order valence-electron chi connectivity index (χ1n) is 6.49. The van der Waals surface area contributed by atoms with Gasteiger partial charge < -0.3 is 10.6 Å². The molecule has 0 atom stereocenters. The van der Waals surface area contributed by atoms with E-state index in [1.165, 1.54) is 11.8 Å². The minimum Gasteiger partial charge on any atom is -0.328 e. The average Bonchev–Trinajstić information content (AvgIpc) is 2.89. The fraction of sp³-hybridized carbons (Fsp3) is 0.214. The number of hydrogen-bond donors (Lipinski definition) is 2. The topological polar surface area (TPSA) is 71.8 Å². The number of para-hydroxylation sites is 1. The van der Waals surface area contributed by atoms with Gasteiger partial charge in [-0.3, -0.25) is 4.79 Å².